The molecule has 0 bridgehead atoms. The highest BCUT2D eigenvalue weighted by Crippen LogP contribution is 2.44. The molecule has 1 atom stereocenters. The molecule has 4 rings (SSSR count). The van der Waals surface area contributed by atoms with Crippen molar-refractivity contribution in [3.63, 3.8) is 0 Å². The number of benzene rings is 3. The molecule has 0 aromatic heterocycles. The number of hydrogen-bond acceptors (Lipinski definition) is 4. The molecule has 2 amide bonds. The molecule has 0 heterocycles. The molecular weight excluding hydrogens is 468 g/mol. The maximum Gasteiger partial charge on any atom is 0.411 e. The quantitative estimate of drug-likeness (QED) is 0.454. The molecule has 180 valence electrons. The molecule has 1 unspecified atom stereocenters. The van der Waals surface area contributed by atoms with Gasteiger partial charge < -0.3 is 14.7 Å². The molecule has 0 spiro atoms. The van der Waals surface area contributed by atoms with E-state index >= 15 is 0 Å². The minimum atomic E-state index is -0.992. The third kappa shape index (κ3) is 5.30. The van der Waals surface area contributed by atoms with Crippen LogP contribution in [0.5, 0.6) is 0 Å². The average molecular weight is 493 g/mol. The topological polar surface area (TPSA) is 95.9 Å². The van der Waals surface area contributed by atoms with Crippen LogP contribution in [0.25, 0.3) is 11.1 Å². The predicted octanol–water partition coefficient (Wildman–Crippen LogP) is 5.49. The number of rotatable bonds is 7. The van der Waals surface area contributed by atoms with Crippen molar-refractivity contribution < 1.29 is 24.2 Å². The van der Waals surface area contributed by atoms with Gasteiger partial charge in [0.15, 0.2) is 0 Å². The summed E-state index contributed by atoms with van der Waals surface area (Å²) in [6, 6.07) is 20.6. The molecule has 0 aliphatic heterocycles. The lowest BCUT2D eigenvalue weighted by Crippen LogP contribution is -2.33. The molecule has 8 heteroatoms. The van der Waals surface area contributed by atoms with Gasteiger partial charge in [-0.25, -0.2) is 4.79 Å². The minimum Gasteiger partial charge on any atom is -0.481 e. The van der Waals surface area contributed by atoms with E-state index in [9.17, 15) is 14.4 Å². The highest BCUT2D eigenvalue weighted by molar-refractivity contribution is 6.31. The molecule has 35 heavy (non-hydrogen) atoms. The molecular formula is C27H25ClN2O5. The lowest BCUT2D eigenvalue weighted by atomic mass is 9.98. The van der Waals surface area contributed by atoms with Gasteiger partial charge >= 0.3 is 12.1 Å². The highest BCUT2D eigenvalue weighted by Gasteiger charge is 2.29. The van der Waals surface area contributed by atoms with Crippen LogP contribution in [0.1, 0.15) is 34.3 Å². The summed E-state index contributed by atoms with van der Waals surface area (Å²) in [6.45, 7) is 1.71. The van der Waals surface area contributed by atoms with E-state index in [1.54, 1.807) is 0 Å². The predicted molar refractivity (Wildman–Crippen MR) is 134 cm³/mol. The van der Waals surface area contributed by atoms with Crippen LogP contribution in [-0.4, -0.2) is 48.2 Å². The third-order valence-electron chi connectivity index (χ3n) is 6.05. The Hall–Kier alpha value is -3.84. The minimum absolute atomic E-state index is 0.0375. The number of anilines is 1. The Morgan fingerprint density at radius 1 is 1.03 bits per heavy atom. The zero-order valence-corrected chi connectivity index (χ0v) is 20.1. The van der Waals surface area contributed by atoms with Gasteiger partial charge in [-0.1, -0.05) is 67.1 Å². The van der Waals surface area contributed by atoms with E-state index in [2.05, 4.69) is 17.4 Å². The maximum atomic E-state index is 12.8. The number of hydrogen-bond donors (Lipinski definition) is 2. The zero-order chi connectivity index (χ0) is 25.1. The Bertz CT molecular complexity index is 1250. The third-order valence-corrected chi connectivity index (χ3v) is 6.27. The van der Waals surface area contributed by atoms with Crippen LogP contribution in [0.3, 0.4) is 0 Å². The Kier molecular flexibility index (Phi) is 7.07. The van der Waals surface area contributed by atoms with Gasteiger partial charge in [0.1, 0.15) is 6.61 Å². The van der Waals surface area contributed by atoms with Crippen molar-refractivity contribution in [1.29, 1.82) is 0 Å². The first kappa shape index (κ1) is 24.3. The summed E-state index contributed by atoms with van der Waals surface area (Å²) in [4.78, 5) is 37.8. The Balaban J connectivity index is 1.43. The second-order valence-corrected chi connectivity index (χ2v) is 9.04. The number of carboxylic acid groups (broad SMARTS) is 1. The first-order valence-electron chi connectivity index (χ1n) is 11.2. The van der Waals surface area contributed by atoms with E-state index in [0.29, 0.717) is 5.69 Å². The zero-order valence-electron chi connectivity index (χ0n) is 19.3. The van der Waals surface area contributed by atoms with Crippen molar-refractivity contribution in [2.45, 2.75) is 12.8 Å². The number of amides is 2. The van der Waals surface area contributed by atoms with Gasteiger partial charge in [0, 0.05) is 35.8 Å². The Morgan fingerprint density at radius 3 is 2.23 bits per heavy atom. The van der Waals surface area contributed by atoms with Crippen molar-refractivity contribution in [2.24, 2.45) is 5.92 Å². The van der Waals surface area contributed by atoms with Crippen LogP contribution in [0.2, 0.25) is 5.02 Å². The van der Waals surface area contributed by atoms with E-state index in [-0.39, 0.29) is 29.7 Å². The molecule has 3 aromatic rings. The van der Waals surface area contributed by atoms with Crippen molar-refractivity contribution in [1.82, 2.24) is 4.90 Å². The molecule has 1 aliphatic rings. The first-order valence-corrected chi connectivity index (χ1v) is 11.5. The van der Waals surface area contributed by atoms with E-state index < -0.39 is 23.9 Å². The highest BCUT2D eigenvalue weighted by atomic mass is 35.5. The van der Waals surface area contributed by atoms with Crippen molar-refractivity contribution in [3.8, 4) is 11.1 Å². The SMILES string of the molecule is CC(CN(C)C(=O)c1cc(Cl)cc(NC(=O)OCC2c3ccccc3-c3ccccc32)c1)C(=O)O. The summed E-state index contributed by atoms with van der Waals surface area (Å²) in [6.07, 6.45) is -0.666. The number of ether oxygens (including phenoxy) is 1. The monoisotopic (exact) mass is 492 g/mol. The van der Waals surface area contributed by atoms with Crippen molar-refractivity contribution in [3.05, 3.63) is 88.4 Å². The molecule has 0 saturated heterocycles. The summed E-state index contributed by atoms with van der Waals surface area (Å²) in [5.41, 5.74) is 5.02. The number of carboxylic acids is 1. The lowest BCUT2D eigenvalue weighted by Gasteiger charge is -2.20. The van der Waals surface area contributed by atoms with Gasteiger partial charge in [0.05, 0.1) is 5.92 Å². The number of halogens is 1. The molecule has 0 radical (unpaired) electrons. The average Bonchev–Trinajstić information content (AvgIpc) is 3.15. The van der Waals surface area contributed by atoms with Crippen LogP contribution < -0.4 is 5.32 Å². The number of fused-ring (bicyclic) bond motifs is 3. The lowest BCUT2D eigenvalue weighted by molar-refractivity contribution is -0.141. The fourth-order valence-electron chi connectivity index (χ4n) is 4.33. The van der Waals surface area contributed by atoms with Gasteiger partial charge in [0.2, 0.25) is 0 Å². The Morgan fingerprint density at radius 2 is 1.63 bits per heavy atom. The molecule has 1 aliphatic carbocycles. The molecule has 7 nitrogen and oxygen atoms in total. The standard InChI is InChI=1S/C27H25ClN2O5/c1-16(26(32)33)14-30(2)25(31)17-11-18(28)13-19(12-17)29-27(34)35-15-24-22-9-5-3-7-20(22)21-8-4-6-10-23(21)24/h3-13,16,24H,14-15H2,1-2H3,(H,29,34)(H,32,33). The number of aliphatic carboxylic acids is 1. The molecule has 2 N–H and O–H groups in total. The van der Waals surface area contributed by atoms with Crippen LogP contribution in [0.15, 0.2) is 66.7 Å². The summed E-state index contributed by atoms with van der Waals surface area (Å²) in [5.74, 6) is -2.19. The van der Waals surface area contributed by atoms with E-state index in [4.69, 9.17) is 21.4 Å². The van der Waals surface area contributed by atoms with Crippen LogP contribution >= 0.6 is 11.6 Å². The van der Waals surface area contributed by atoms with Gasteiger partial charge in [-0.2, -0.15) is 0 Å². The largest absolute Gasteiger partial charge is 0.481 e. The normalized spacial score (nSPS) is 12.9. The molecule has 0 fully saturated rings. The van der Waals surface area contributed by atoms with Crippen LogP contribution in [0.4, 0.5) is 10.5 Å². The van der Waals surface area contributed by atoms with E-state index in [1.807, 2.05) is 36.4 Å². The summed E-state index contributed by atoms with van der Waals surface area (Å²) in [5, 5.41) is 12.0. The number of nitrogens with one attached hydrogen (secondary N) is 1. The molecule has 3 aromatic carbocycles. The number of nitrogens with zero attached hydrogens (tertiary/aromatic N) is 1. The fraction of sp³-hybridized carbons (Fsp3) is 0.222. The van der Waals surface area contributed by atoms with Crippen molar-refractivity contribution >= 4 is 35.3 Å². The summed E-state index contributed by atoms with van der Waals surface area (Å²) in [7, 11) is 1.52. The van der Waals surface area contributed by atoms with E-state index in [0.717, 1.165) is 22.3 Å². The smallest absolute Gasteiger partial charge is 0.411 e. The van der Waals surface area contributed by atoms with Gasteiger partial charge in [-0.3, -0.25) is 14.9 Å². The Labute approximate surface area is 208 Å². The van der Waals surface area contributed by atoms with Crippen molar-refractivity contribution in [2.75, 3.05) is 25.5 Å². The van der Waals surface area contributed by atoms with Gasteiger partial charge in [-0.15, -0.1) is 0 Å². The molecule has 0 saturated carbocycles. The first-order chi connectivity index (χ1) is 16.7. The van der Waals surface area contributed by atoms with Gasteiger partial charge in [0.25, 0.3) is 5.91 Å². The maximum absolute atomic E-state index is 12.8. The summed E-state index contributed by atoms with van der Waals surface area (Å²) < 4.78 is 5.56. The van der Waals surface area contributed by atoms with Crippen LogP contribution in [-0.2, 0) is 9.53 Å². The van der Waals surface area contributed by atoms with Gasteiger partial charge in [-0.05, 0) is 40.5 Å². The second kappa shape index (κ2) is 10.2. The number of carbonyl (C=O) groups excluding carboxylic acids is 2. The summed E-state index contributed by atoms with van der Waals surface area (Å²) >= 11 is 6.17. The van der Waals surface area contributed by atoms with E-state index in [1.165, 1.54) is 37.1 Å². The number of carbonyl (C=O) groups is 3. The fourth-order valence-corrected chi connectivity index (χ4v) is 4.56. The second-order valence-electron chi connectivity index (χ2n) is 8.60. The van der Waals surface area contributed by atoms with Crippen LogP contribution in [0, 0.1) is 5.92 Å².